The molecule has 0 bridgehead atoms. The van der Waals surface area contributed by atoms with Crippen molar-refractivity contribution >= 4 is 28.7 Å². The first kappa shape index (κ1) is 19.2. The van der Waals surface area contributed by atoms with Crippen molar-refractivity contribution in [2.45, 2.75) is 46.1 Å². The smallest absolute Gasteiger partial charge is 0.407 e. The zero-order valence-corrected chi connectivity index (χ0v) is 15.9. The Labute approximate surface area is 146 Å². The Hall–Kier alpha value is -0.820. The number of alkyl carbamates (subject to hydrolysis) is 1. The van der Waals surface area contributed by atoms with E-state index in [1.807, 2.05) is 27.7 Å². The highest BCUT2D eigenvalue weighted by atomic mass is 127. The van der Waals surface area contributed by atoms with Gasteiger partial charge in [0.15, 0.2) is 0 Å². The highest BCUT2D eigenvalue weighted by molar-refractivity contribution is 14.1. The number of halogens is 1. The van der Waals surface area contributed by atoms with Crippen molar-refractivity contribution < 1.29 is 14.6 Å². The molecular formula is C17H26INO3. The fourth-order valence-electron chi connectivity index (χ4n) is 2.15. The maximum Gasteiger partial charge on any atom is 0.407 e. The van der Waals surface area contributed by atoms with Gasteiger partial charge >= 0.3 is 6.09 Å². The maximum atomic E-state index is 11.8. The molecular weight excluding hydrogens is 393 g/mol. The number of nitrogens with one attached hydrogen (secondary N) is 1. The lowest BCUT2D eigenvalue weighted by molar-refractivity contribution is 0.0461. The van der Waals surface area contributed by atoms with E-state index in [1.165, 1.54) is 3.57 Å². The first-order valence-corrected chi connectivity index (χ1v) is 8.60. The summed E-state index contributed by atoms with van der Waals surface area (Å²) in [5.74, 6) is 0. The van der Waals surface area contributed by atoms with Gasteiger partial charge in [-0.25, -0.2) is 4.79 Å². The van der Waals surface area contributed by atoms with Crippen LogP contribution in [-0.2, 0) is 11.2 Å². The molecule has 0 radical (unpaired) electrons. The number of amides is 1. The van der Waals surface area contributed by atoms with Crippen molar-refractivity contribution in [1.82, 2.24) is 5.32 Å². The minimum atomic E-state index is -0.520. The topological polar surface area (TPSA) is 58.6 Å². The van der Waals surface area contributed by atoms with Crippen LogP contribution < -0.4 is 5.32 Å². The molecule has 0 saturated heterocycles. The minimum Gasteiger partial charge on any atom is -0.444 e. The van der Waals surface area contributed by atoms with Gasteiger partial charge in [0.2, 0.25) is 0 Å². The van der Waals surface area contributed by atoms with Gasteiger partial charge in [0, 0.05) is 15.5 Å². The largest absolute Gasteiger partial charge is 0.444 e. The first-order chi connectivity index (χ1) is 10.2. The molecule has 1 unspecified atom stereocenters. The van der Waals surface area contributed by atoms with Gasteiger partial charge in [0.05, 0.1) is 6.61 Å². The van der Waals surface area contributed by atoms with Crippen LogP contribution in [0.2, 0.25) is 0 Å². The number of aliphatic hydroxyl groups is 1. The quantitative estimate of drug-likeness (QED) is 0.691. The molecule has 2 N–H and O–H groups in total. The van der Waals surface area contributed by atoms with E-state index in [4.69, 9.17) is 4.74 Å². The van der Waals surface area contributed by atoms with Crippen LogP contribution in [0.4, 0.5) is 4.79 Å². The molecule has 124 valence electrons. The highest BCUT2D eigenvalue weighted by Crippen LogP contribution is 2.26. The molecule has 0 aliphatic heterocycles. The summed E-state index contributed by atoms with van der Waals surface area (Å²) < 4.78 is 6.44. The van der Waals surface area contributed by atoms with E-state index >= 15 is 0 Å². The van der Waals surface area contributed by atoms with E-state index in [0.29, 0.717) is 13.0 Å². The third-order valence-corrected chi connectivity index (χ3v) is 4.30. The number of aliphatic hydroxyl groups excluding tert-OH is 1. The molecule has 0 aromatic heterocycles. The van der Waals surface area contributed by atoms with Gasteiger partial charge < -0.3 is 15.2 Å². The second-order valence-electron chi connectivity index (χ2n) is 6.67. The average molecular weight is 419 g/mol. The van der Waals surface area contributed by atoms with Crippen LogP contribution in [-0.4, -0.2) is 30.0 Å². The number of carbonyl (C=O) groups is 1. The van der Waals surface area contributed by atoms with Crippen molar-refractivity contribution in [3.05, 3.63) is 33.4 Å². The van der Waals surface area contributed by atoms with E-state index in [-0.39, 0.29) is 12.0 Å². The Morgan fingerprint density at radius 3 is 2.32 bits per heavy atom. The van der Waals surface area contributed by atoms with Gasteiger partial charge in [0.1, 0.15) is 5.60 Å². The van der Waals surface area contributed by atoms with Gasteiger partial charge in [0.25, 0.3) is 0 Å². The van der Waals surface area contributed by atoms with Crippen molar-refractivity contribution in [1.29, 1.82) is 0 Å². The molecule has 0 aliphatic carbocycles. The predicted octanol–water partition coefficient (Wildman–Crippen LogP) is 3.75. The van der Waals surface area contributed by atoms with Crippen LogP contribution in [0.15, 0.2) is 24.3 Å². The zero-order chi connectivity index (χ0) is 16.8. The van der Waals surface area contributed by atoms with Crippen LogP contribution in [0.3, 0.4) is 0 Å². The lowest BCUT2D eigenvalue weighted by Crippen LogP contribution is -2.43. The molecule has 22 heavy (non-hydrogen) atoms. The lowest BCUT2D eigenvalue weighted by atomic mass is 9.80. The molecule has 1 rings (SSSR count). The maximum absolute atomic E-state index is 11.8. The molecule has 0 heterocycles. The summed E-state index contributed by atoms with van der Waals surface area (Å²) in [5.41, 5.74) is 0.264. The van der Waals surface area contributed by atoms with Gasteiger partial charge in [-0.2, -0.15) is 0 Å². The summed E-state index contributed by atoms with van der Waals surface area (Å²) in [6.45, 7) is 7.93. The summed E-state index contributed by atoms with van der Waals surface area (Å²) in [6.07, 6.45) is 1.04. The SMILES string of the molecule is CCC(CO)(CNC(=O)OC(C)(C)C)Cc1ccc(I)cc1. The molecule has 1 amide bonds. The number of benzene rings is 1. The molecule has 1 aromatic carbocycles. The number of hydrogen-bond acceptors (Lipinski definition) is 3. The number of carbonyl (C=O) groups excluding carboxylic acids is 1. The number of hydrogen-bond donors (Lipinski definition) is 2. The zero-order valence-electron chi connectivity index (χ0n) is 13.8. The van der Waals surface area contributed by atoms with Crippen LogP contribution in [0.25, 0.3) is 0 Å². The highest BCUT2D eigenvalue weighted by Gasteiger charge is 2.29. The van der Waals surface area contributed by atoms with Gasteiger partial charge in [-0.05, 0) is 73.9 Å². The Morgan fingerprint density at radius 1 is 1.27 bits per heavy atom. The van der Waals surface area contributed by atoms with Crippen molar-refractivity contribution in [3.63, 3.8) is 0 Å². The summed E-state index contributed by atoms with van der Waals surface area (Å²) in [7, 11) is 0. The monoisotopic (exact) mass is 419 g/mol. The van der Waals surface area contributed by atoms with Crippen LogP contribution in [0.1, 0.15) is 39.7 Å². The number of rotatable bonds is 6. The Bertz CT molecular complexity index is 476. The van der Waals surface area contributed by atoms with Gasteiger partial charge in [-0.3, -0.25) is 0 Å². The third kappa shape index (κ3) is 6.52. The fourth-order valence-corrected chi connectivity index (χ4v) is 2.50. The Balaban J connectivity index is 2.70. The fraction of sp³-hybridized carbons (Fsp3) is 0.588. The second kappa shape index (κ2) is 8.15. The summed E-state index contributed by atoms with van der Waals surface area (Å²) >= 11 is 2.27. The normalized spacial score (nSPS) is 14.3. The average Bonchev–Trinajstić information content (AvgIpc) is 2.44. The van der Waals surface area contributed by atoms with Crippen LogP contribution >= 0.6 is 22.6 Å². The van der Waals surface area contributed by atoms with E-state index in [9.17, 15) is 9.90 Å². The van der Waals surface area contributed by atoms with Crippen molar-refractivity contribution in [3.8, 4) is 0 Å². The van der Waals surface area contributed by atoms with E-state index in [2.05, 4.69) is 52.2 Å². The summed E-state index contributed by atoms with van der Waals surface area (Å²) in [5, 5.41) is 12.6. The van der Waals surface area contributed by atoms with E-state index < -0.39 is 11.7 Å². The first-order valence-electron chi connectivity index (χ1n) is 7.52. The molecule has 0 aliphatic rings. The van der Waals surface area contributed by atoms with E-state index in [1.54, 1.807) is 0 Å². The molecule has 0 saturated carbocycles. The van der Waals surface area contributed by atoms with Gasteiger partial charge in [-0.15, -0.1) is 0 Å². The van der Waals surface area contributed by atoms with E-state index in [0.717, 1.165) is 12.0 Å². The second-order valence-corrected chi connectivity index (χ2v) is 7.92. The Kier molecular flexibility index (Phi) is 7.12. The summed E-state index contributed by atoms with van der Waals surface area (Å²) in [4.78, 5) is 11.8. The molecule has 0 spiro atoms. The molecule has 0 fully saturated rings. The minimum absolute atomic E-state index is 0.0191. The van der Waals surface area contributed by atoms with Crippen LogP contribution in [0, 0.1) is 8.99 Å². The molecule has 1 aromatic rings. The Morgan fingerprint density at radius 2 is 1.86 bits per heavy atom. The lowest BCUT2D eigenvalue weighted by Gasteiger charge is -2.31. The van der Waals surface area contributed by atoms with Crippen molar-refractivity contribution in [2.75, 3.05) is 13.2 Å². The number of ether oxygens (including phenoxy) is 1. The summed E-state index contributed by atoms with van der Waals surface area (Å²) in [6, 6.07) is 8.23. The third-order valence-electron chi connectivity index (χ3n) is 3.58. The van der Waals surface area contributed by atoms with Crippen LogP contribution in [0.5, 0.6) is 0 Å². The molecule has 1 atom stereocenters. The van der Waals surface area contributed by atoms with Crippen molar-refractivity contribution in [2.24, 2.45) is 5.41 Å². The standard InChI is InChI=1S/C17H26INO3/c1-5-17(12-20,10-13-6-8-14(18)9-7-13)11-19-15(21)22-16(2,3)4/h6-9,20H,5,10-12H2,1-4H3,(H,19,21). The predicted molar refractivity (Wildman–Crippen MR) is 96.9 cm³/mol. The molecule has 5 heteroatoms. The molecule has 4 nitrogen and oxygen atoms in total. The van der Waals surface area contributed by atoms with Gasteiger partial charge in [-0.1, -0.05) is 19.1 Å².